The Morgan fingerprint density at radius 1 is 1.11 bits per heavy atom. The first-order chi connectivity index (χ1) is 8.78. The van der Waals surface area contributed by atoms with Crippen LogP contribution in [0.25, 0.3) is 0 Å². The lowest BCUT2D eigenvalue weighted by atomic mass is 9.95. The van der Waals surface area contributed by atoms with Gasteiger partial charge in [-0.25, -0.2) is 0 Å². The maximum absolute atomic E-state index is 3.52. The van der Waals surface area contributed by atoms with Crippen LogP contribution in [0.3, 0.4) is 0 Å². The van der Waals surface area contributed by atoms with Crippen molar-refractivity contribution < 1.29 is 0 Å². The van der Waals surface area contributed by atoms with Crippen LogP contribution in [-0.4, -0.2) is 7.05 Å². The van der Waals surface area contributed by atoms with Crippen molar-refractivity contribution in [3.8, 4) is 0 Å². The Bertz CT molecular complexity index is 519. The first kappa shape index (κ1) is 11.9. The first-order valence-corrected chi connectivity index (χ1v) is 7.40. The lowest BCUT2D eigenvalue weighted by Gasteiger charge is -2.21. The zero-order valence-electron chi connectivity index (χ0n) is 10.9. The van der Waals surface area contributed by atoms with E-state index in [1.165, 1.54) is 33.7 Å². The minimum Gasteiger partial charge on any atom is -0.312 e. The Morgan fingerprint density at radius 3 is 2.28 bits per heavy atom. The smallest absolute Gasteiger partial charge is 0.0447 e. The van der Waals surface area contributed by atoms with Gasteiger partial charge in [-0.2, -0.15) is 0 Å². The van der Waals surface area contributed by atoms with Gasteiger partial charge in [0.25, 0.3) is 0 Å². The molecule has 0 bridgehead atoms. The van der Waals surface area contributed by atoms with E-state index >= 15 is 0 Å². The number of hydrogen-bond donors (Lipinski definition) is 1. The fourth-order valence-corrected chi connectivity index (χ4v) is 4.14. The molecule has 0 aliphatic heterocycles. The van der Waals surface area contributed by atoms with Gasteiger partial charge in [-0.15, -0.1) is 11.3 Å². The summed E-state index contributed by atoms with van der Waals surface area (Å²) in [6.45, 7) is 2.18. The molecule has 2 heteroatoms. The van der Waals surface area contributed by atoms with Crippen LogP contribution >= 0.6 is 11.3 Å². The molecule has 1 atom stereocenters. The second kappa shape index (κ2) is 4.87. The average molecular weight is 257 g/mol. The van der Waals surface area contributed by atoms with Crippen LogP contribution in [0.4, 0.5) is 0 Å². The Balaban J connectivity index is 1.83. The molecule has 0 amide bonds. The van der Waals surface area contributed by atoms with Gasteiger partial charge in [0.2, 0.25) is 0 Å². The fraction of sp³-hybridized carbons (Fsp3) is 0.375. The highest BCUT2D eigenvalue weighted by atomic mass is 32.1. The second-order valence-electron chi connectivity index (χ2n) is 5.15. The van der Waals surface area contributed by atoms with Gasteiger partial charge in [-0.3, -0.25) is 0 Å². The number of fused-ring (bicyclic) bond motifs is 1. The Kier molecular flexibility index (Phi) is 3.23. The van der Waals surface area contributed by atoms with Crippen LogP contribution in [0.2, 0.25) is 0 Å². The van der Waals surface area contributed by atoms with Crippen LogP contribution in [0, 0.1) is 12.8 Å². The highest BCUT2D eigenvalue weighted by Gasteiger charge is 2.29. The molecule has 18 heavy (non-hydrogen) atoms. The topological polar surface area (TPSA) is 12.0 Å². The van der Waals surface area contributed by atoms with Gasteiger partial charge in [0.15, 0.2) is 0 Å². The van der Waals surface area contributed by atoms with E-state index in [1.807, 2.05) is 11.3 Å². The molecular weight excluding hydrogens is 238 g/mol. The van der Waals surface area contributed by atoms with Crippen LogP contribution in [0.15, 0.2) is 36.4 Å². The lowest BCUT2D eigenvalue weighted by Crippen LogP contribution is -2.24. The Morgan fingerprint density at radius 2 is 1.78 bits per heavy atom. The molecule has 1 aromatic carbocycles. The van der Waals surface area contributed by atoms with E-state index in [9.17, 15) is 0 Å². The third-order valence-electron chi connectivity index (χ3n) is 3.93. The van der Waals surface area contributed by atoms with Crippen molar-refractivity contribution in [1.29, 1.82) is 0 Å². The zero-order chi connectivity index (χ0) is 12.5. The molecule has 2 aromatic rings. The maximum Gasteiger partial charge on any atom is 0.0447 e. The molecule has 0 saturated carbocycles. The van der Waals surface area contributed by atoms with Gasteiger partial charge in [-0.05, 0) is 56.0 Å². The average Bonchev–Trinajstić information content (AvgIpc) is 2.96. The molecule has 0 fully saturated rings. The molecule has 0 radical (unpaired) electrons. The van der Waals surface area contributed by atoms with Crippen LogP contribution < -0.4 is 5.32 Å². The number of hydrogen-bond acceptors (Lipinski definition) is 2. The van der Waals surface area contributed by atoms with E-state index in [0.29, 0.717) is 12.0 Å². The molecule has 0 spiro atoms. The highest BCUT2D eigenvalue weighted by Crippen LogP contribution is 2.37. The predicted octanol–water partition coefficient (Wildman–Crippen LogP) is 3.73. The van der Waals surface area contributed by atoms with Crippen molar-refractivity contribution >= 4 is 11.3 Å². The molecule has 1 aliphatic rings. The summed E-state index contributed by atoms with van der Waals surface area (Å²) in [6, 6.07) is 13.9. The molecule has 1 nitrogen and oxygen atoms in total. The predicted molar refractivity (Wildman–Crippen MR) is 78.2 cm³/mol. The van der Waals surface area contributed by atoms with Gasteiger partial charge in [0, 0.05) is 15.8 Å². The molecular formula is C16H19NS. The van der Waals surface area contributed by atoms with Crippen molar-refractivity contribution in [2.75, 3.05) is 7.05 Å². The number of benzene rings is 1. The van der Waals surface area contributed by atoms with Crippen LogP contribution in [0.5, 0.6) is 0 Å². The number of thiophene rings is 1. The monoisotopic (exact) mass is 257 g/mol. The highest BCUT2D eigenvalue weighted by molar-refractivity contribution is 7.12. The van der Waals surface area contributed by atoms with E-state index in [0.717, 1.165) is 0 Å². The van der Waals surface area contributed by atoms with Crippen molar-refractivity contribution in [3.05, 3.63) is 57.3 Å². The van der Waals surface area contributed by atoms with Gasteiger partial charge < -0.3 is 5.32 Å². The first-order valence-electron chi connectivity index (χ1n) is 6.58. The lowest BCUT2D eigenvalue weighted by molar-refractivity contribution is 0.402. The maximum atomic E-state index is 3.52. The summed E-state index contributed by atoms with van der Waals surface area (Å²) >= 11 is 1.92. The molecule has 1 unspecified atom stereocenters. The number of rotatable bonds is 3. The van der Waals surface area contributed by atoms with Gasteiger partial charge in [0.1, 0.15) is 0 Å². The molecule has 0 saturated heterocycles. The SMILES string of the molecule is CNC(c1ccc(C)s1)C1Cc2ccccc2C1. The molecule has 1 aromatic heterocycles. The minimum atomic E-state index is 0.496. The zero-order valence-corrected chi connectivity index (χ0v) is 11.8. The third kappa shape index (κ3) is 2.11. The Hall–Kier alpha value is -1.12. The van der Waals surface area contributed by atoms with E-state index in [4.69, 9.17) is 0 Å². The molecule has 1 aliphatic carbocycles. The van der Waals surface area contributed by atoms with E-state index in [1.54, 1.807) is 0 Å². The van der Waals surface area contributed by atoms with E-state index < -0.39 is 0 Å². The van der Waals surface area contributed by atoms with Gasteiger partial charge in [-0.1, -0.05) is 24.3 Å². The second-order valence-corrected chi connectivity index (χ2v) is 6.47. The summed E-state index contributed by atoms with van der Waals surface area (Å²) in [6.07, 6.45) is 2.41. The quantitative estimate of drug-likeness (QED) is 0.883. The normalized spacial score (nSPS) is 16.8. The summed E-state index contributed by atoms with van der Waals surface area (Å²) in [5.41, 5.74) is 3.08. The van der Waals surface area contributed by atoms with Crippen molar-refractivity contribution in [3.63, 3.8) is 0 Å². The van der Waals surface area contributed by atoms with Gasteiger partial charge >= 0.3 is 0 Å². The molecule has 1 heterocycles. The van der Waals surface area contributed by atoms with Crippen molar-refractivity contribution in [1.82, 2.24) is 5.32 Å². The molecule has 94 valence electrons. The van der Waals surface area contributed by atoms with Crippen LogP contribution in [-0.2, 0) is 12.8 Å². The van der Waals surface area contributed by atoms with Crippen molar-refractivity contribution in [2.24, 2.45) is 5.92 Å². The molecule has 1 N–H and O–H groups in total. The van der Waals surface area contributed by atoms with E-state index in [2.05, 4.69) is 55.7 Å². The number of aryl methyl sites for hydroxylation is 1. The van der Waals surface area contributed by atoms with Crippen LogP contribution in [0.1, 0.15) is 26.9 Å². The van der Waals surface area contributed by atoms with E-state index in [-0.39, 0.29) is 0 Å². The summed E-state index contributed by atoms with van der Waals surface area (Å²) in [5.74, 6) is 0.699. The van der Waals surface area contributed by atoms with Crippen molar-refractivity contribution in [2.45, 2.75) is 25.8 Å². The summed E-state index contributed by atoms with van der Waals surface area (Å²) in [4.78, 5) is 2.88. The largest absolute Gasteiger partial charge is 0.312 e. The Labute approximate surface area is 113 Å². The minimum absolute atomic E-state index is 0.496. The standard InChI is InChI=1S/C16H19NS/c1-11-7-8-15(18-11)16(17-2)14-9-12-5-3-4-6-13(12)10-14/h3-8,14,16-17H,9-10H2,1-2H3. The number of nitrogens with one attached hydrogen (secondary N) is 1. The summed E-state index contributed by atoms with van der Waals surface area (Å²) in [7, 11) is 2.09. The summed E-state index contributed by atoms with van der Waals surface area (Å²) in [5, 5.41) is 3.52. The molecule has 3 rings (SSSR count). The third-order valence-corrected chi connectivity index (χ3v) is 5.02. The summed E-state index contributed by atoms with van der Waals surface area (Å²) < 4.78 is 0. The fourth-order valence-electron chi connectivity index (χ4n) is 3.06. The van der Waals surface area contributed by atoms with Gasteiger partial charge in [0.05, 0.1) is 0 Å².